The summed E-state index contributed by atoms with van der Waals surface area (Å²) in [5.74, 6) is 0. The lowest BCUT2D eigenvalue weighted by Crippen LogP contribution is -2.44. The molecule has 1 atom stereocenters. The van der Waals surface area contributed by atoms with Gasteiger partial charge in [-0.1, -0.05) is 13.8 Å². The van der Waals surface area contributed by atoms with Gasteiger partial charge in [0.2, 0.25) is 0 Å². The predicted molar refractivity (Wildman–Crippen MR) is 77.2 cm³/mol. The first-order valence-corrected chi connectivity index (χ1v) is 7.22. The van der Waals surface area contributed by atoms with Crippen LogP contribution in [-0.4, -0.2) is 64.6 Å². The first-order valence-electron chi connectivity index (χ1n) is 7.22. The molecule has 0 aromatic rings. The molecular weight excluding hydrogens is 228 g/mol. The minimum Gasteiger partial charge on any atom is -0.385 e. The second kappa shape index (κ2) is 13.3. The zero-order valence-corrected chi connectivity index (χ0v) is 12.7. The topological polar surface area (TPSA) is 33.7 Å². The van der Waals surface area contributed by atoms with Crippen LogP contribution in [0.4, 0.5) is 0 Å². The van der Waals surface area contributed by atoms with E-state index in [4.69, 9.17) is 9.47 Å². The highest BCUT2D eigenvalue weighted by molar-refractivity contribution is 4.73. The van der Waals surface area contributed by atoms with Crippen molar-refractivity contribution in [3.8, 4) is 0 Å². The highest BCUT2D eigenvalue weighted by Crippen LogP contribution is 2.05. The van der Waals surface area contributed by atoms with Crippen molar-refractivity contribution in [2.24, 2.45) is 0 Å². The molecule has 1 unspecified atom stereocenters. The molecule has 0 aromatic carbocycles. The smallest absolute Gasteiger partial charge is 0.0589 e. The van der Waals surface area contributed by atoms with Gasteiger partial charge in [-0.3, -0.25) is 4.90 Å². The van der Waals surface area contributed by atoms with Crippen LogP contribution in [0, 0.1) is 0 Å². The van der Waals surface area contributed by atoms with E-state index in [0.717, 1.165) is 45.8 Å². The molecule has 4 heteroatoms. The third-order valence-electron chi connectivity index (χ3n) is 3.17. The van der Waals surface area contributed by atoms with Gasteiger partial charge in [0.05, 0.1) is 6.61 Å². The normalized spacial score (nSPS) is 13.2. The molecule has 0 fully saturated rings. The first-order chi connectivity index (χ1) is 8.79. The summed E-state index contributed by atoms with van der Waals surface area (Å²) in [7, 11) is 3.53. The molecule has 0 rings (SSSR count). The van der Waals surface area contributed by atoms with Gasteiger partial charge in [-0.25, -0.2) is 0 Å². The van der Waals surface area contributed by atoms with Crippen molar-refractivity contribution in [3.63, 3.8) is 0 Å². The summed E-state index contributed by atoms with van der Waals surface area (Å²) in [5, 5.41) is 3.52. The molecule has 0 heterocycles. The zero-order valence-electron chi connectivity index (χ0n) is 12.7. The van der Waals surface area contributed by atoms with Crippen LogP contribution >= 0.6 is 0 Å². The summed E-state index contributed by atoms with van der Waals surface area (Å²) in [6, 6.07) is 0.601. The summed E-state index contributed by atoms with van der Waals surface area (Å²) < 4.78 is 10.3. The molecule has 0 aliphatic carbocycles. The fourth-order valence-electron chi connectivity index (χ4n) is 2.07. The second-order valence-electron chi connectivity index (χ2n) is 4.64. The number of methoxy groups -OCH3 is 2. The Morgan fingerprint density at radius 2 is 1.78 bits per heavy atom. The van der Waals surface area contributed by atoms with E-state index >= 15 is 0 Å². The van der Waals surface area contributed by atoms with Crippen molar-refractivity contribution >= 4 is 0 Å². The van der Waals surface area contributed by atoms with Gasteiger partial charge in [0.15, 0.2) is 0 Å². The van der Waals surface area contributed by atoms with Gasteiger partial charge in [0, 0.05) is 46.5 Å². The van der Waals surface area contributed by atoms with Crippen LogP contribution in [-0.2, 0) is 9.47 Å². The Labute approximate surface area is 113 Å². The van der Waals surface area contributed by atoms with Crippen LogP contribution in [0.3, 0.4) is 0 Å². The lowest BCUT2D eigenvalue weighted by Gasteiger charge is -2.31. The van der Waals surface area contributed by atoms with E-state index in [-0.39, 0.29) is 0 Å². The Hall–Kier alpha value is -0.160. The van der Waals surface area contributed by atoms with E-state index in [1.807, 2.05) is 0 Å². The highest BCUT2D eigenvalue weighted by Gasteiger charge is 2.15. The Morgan fingerprint density at radius 3 is 2.33 bits per heavy atom. The predicted octanol–water partition coefficient (Wildman–Crippen LogP) is 1.75. The van der Waals surface area contributed by atoms with Crippen molar-refractivity contribution in [1.29, 1.82) is 0 Å². The molecule has 0 aliphatic rings. The van der Waals surface area contributed by atoms with Crippen LogP contribution in [0.15, 0.2) is 0 Å². The third-order valence-corrected chi connectivity index (χ3v) is 3.17. The van der Waals surface area contributed by atoms with Crippen LogP contribution < -0.4 is 5.32 Å². The summed E-state index contributed by atoms with van der Waals surface area (Å²) in [4.78, 5) is 2.52. The molecule has 4 nitrogen and oxygen atoms in total. The van der Waals surface area contributed by atoms with E-state index in [0.29, 0.717) is 6.04 Å². The van der Waals surface area contributed by atoms with Crippen molar-refractivity contribution in [2.45, 2.75) is 39.2 Å². The molecule has 0 bridgehead atoms. The summed E-state index contributed by atoms with van der Waals surface area (Å²) >= 11 is 0. The fraction of sp³-hybridized carbons (Fsp3) is 1.00. The van der Waals surface area contributed by atoms with Gasteiger partial charge in [-0.2, -0.15) is 0 Å². The third kappa shape index (κ3) is 8.86. The van der Waals surface area contributed by atoms with Gasteiger partial charge >= 0.3 is 0 Å². The minimum absolute atomic E-state index is 0.601. The van der Waals surface area contributed by atoms with E-state index in [9.17, 15) is 0 Å². The van der Waals surface area contributed by atoms with Gasteiger partial charge < -0.3 is 14.8 Å². The number of nitrogens with one attached hydrogen (secondary N) is 1. The molecule has 0 amide bonds. The number of rotatable bonds is 13. The van der Waals surface area contributed by atoms with E-state index < -0.39 is 0 Å². The quantitative estimate of drug-likeness (QED) is 0.512. The SMILES string of the molecule is CCCNCC(CC)N(CCCOC)CCOC. The van der Waals surface area contributed by atoms with Gasteiger partial charge in [-0.05, 0) is 25.8 Å². The highest BCUT2D eigenvalue weighted by atomic mass is 16.5. The summed E-state index contributed by atoms with van der Waals surface area (Å²) in [5.41, 5.74) is 0. The van der Waals surface area contributed by atoms with Gasteiger partial charge in [0.1, 0.15) is 0 Å². The fourth-order valence-corrected chi connectivity index (χ4v) is 2.07. The Balaban J connectivity index is 4.09. The molecule has 1 N–H and O–H groups in total. The van der Waals surface area contributed by atoms with E-state index in [1.165, 1.54) is 12.8 Å². The summed E-state index contributed by atoms with van der Waals surface area (Å²) in [6.07, 6.45) is 3.45. The van der Waals surface area contributed by atoms with Crippen molar-refractivity contribution in [3.05, 3.63) is 0 Å². The maximum absolute atomic E-state index is 5.21. The molecule has 110 valence electrons. The van der Waals surface area contributed by atoms with Gasteiger partial charge in [-0.15, -0.1) is 0 Å². The second-order valence-corrected chi connectivity index (χ2v) is 4.64. The average molecular weight is 260 g/mol. The number of hydrogen-bond donors (Lipinski definition) is 1. The Bertz CT molecular complexity index is 168. The van der Waals surface area contributed by atoms with Gasteiger partial charge in [0.25, 0.3) is 0 Å². The molecule has 18 heavy (non-hydrogen) atoms. The molecule has 0 radical (unpaired) electrons. The molecule has 0 saturated carbocycles. The first kappa shape index (κ1) is 17.8. The van der Waals surface area contributed by atoms with Crippen LogP contribution in [0.25, 0.3) is 0 Å². The molecule has 0 spiro atoms. The molecule has 0 saturated heterocycles. The van der Waals surface area contributed by atoms with E-state index in [1.54, 1.807) is 14.2 Å². The summed E-state index contributed by atoms with van der Waals surface area (Å²) in [6.45, 7) is 10.4. The monoisotopic (exact) mass is 260 g/mol. The largest absolute Gasteiger partial charge is 0.385 e. The van der Waals surface area contributed by atoms with Crippen LogP contribution in [0.5, 0.6) is 0 Å². The molecule has 0 aromatic heterocycles. The van der Waals surface area contributed by atoms with Crippen molar-refractivity contribution < 1.29 is 9.47 Å². The average Bonchev–Trinajstić information content (AvgIpc) is 2.39. The Morgan fingerprint density at radius 1 is 1.06 bits per heavy atom. The van der Waals surface area contributed by atoms with Crippen molar-refractivity contribution in [1.82, 2.24) is 10.2 Å². The number of hydrogen-bond acceptors (Lipinski definition) is 4. The maximum atomic E-state index is 5.21. The van der Waals surface area contributed by atoms with Crippen LogP contribution in [0.2, 0.25) is 0 Å². The maximum Gasteiger partial charge on any atom is 0.0589 e. The molecular formula is C14H32N2O2. The number of ether oxygens (including phenoxy) is 2. The zero-order chi connectivity index (χ0) is 13.6. The van der Waals surface area contributed by atoms with E-state index in [2.05, 4.69) is 24.1 Å². The number of nitrogens with zero attached hydrogens (tertiary/aromatic N) is 1. The van der Waals surface area contributed by atoms with Crippen molar-refractivity contribution in [2.75, 3.05) is 53.6 Å². The lowest BCUT2D eigenvalue weighted by molar-refractivity contribution is 0.103. The minimum atomic E-state index is 0.601. The Kier molecular flexibility index (Phi) is 13.2. The lowest BCUT2D eigenvalue weighted by atomic mass is 10.1. The standard InChI is InChI=1S/C14H32N2O2/c1-5-8-15-13-14(6-2)16(10-12-18-4)9-7-11-17-3/h14-15H,5-13H2,1-4H3. The molecule has 0 aliphatic heterocycles. The van der Waals surface area contributed by atoms with Crippen LogP contribution in [0.1, 0.15) is 33.1 Å².